The zero-order chi connectivity index (χ0) is 24.7. The maximum atomic E-state index is 12.4. The fraction of sp³-hybridized carbons (Fsp3) is 0.500. The molecule has 0 amide bonds. The Kier molecular flexibility index (Phi) is 11.2. The Bertz CT molecular complexity index is 921. The number of hydrogen-bond donors (Lipinski definition) is 0. The summed E-state index contributed by atoms with van der Waals surface area (Å²) in [6, 6.07) is 7.22. The summed E-state index contributed by atoms with van der Waals surface area (Å²) in [6.07, 6.45) is 16.2. The standard InChI is InChI=1S/C28H36N2O5/c1-2-26(31)34-19-11-6-4-3-5-10-18-33-25-20-29-27(30-21-25)22-14-16-23(17-15-22)28(32)35-24-12-8-7-9-13-24/h2,14-17,20-21,24H,1,3-13,18-19H2. The van der Waals surface area contributed by atoms with Crippen LogP contribution < -0.4 is 4.74 Å². The third-order valence-corrected chi connectivity index (χ3v) is 6.05. The zero-order valence-electron chi connectivity index (χ0n) is 20.5. The highest BCUT2D eigenvalue weighted by atomic mass is 16.5. The van der Waals surface area contributed by atoms with Gasteiger partial charge in [0, 0.05) is 11.6 Å². The van der Waals surface area contributed by atoms with Crippen LogP contribution in [-0.2, 0) is 14.3 Å². The van der Waals surface area contributed by atoms with Crippen LogP contribution >= 0.6 is 0 Å². The van der Waals surface area contributed by atoms with Crippen molar-refractivity contribution in [1.82, 2.24) is 9.97 Å². The highest BCUT2D eigenvalue weighted by Gasteiger charge is 2.18. The molecule has 0 unspecified atom stereocenters. The molecule has 1 aliphatic rings. The van der Waals surface area contributed by atoms with E-state index in [1.54, 1.807) is 24.5 Å². The molecule has 1 saturated carbocycles. The van der Waals surface area contributed by atoms with Crippen LogP contribution in [0.25, 0.3) is 11.4 Å². The third-order valence-electron chi connectivity index (χ3n) is 6.05. The Hall–Kier alpha value is -3.22. The quantitative estimate of drug-likeness (QED) is 0.184. The van der Waals surface area contributed by atoms with Gasteiger partial charge in [0.1, 0.15) is 6.10 Å². The summed E-state index contributed by atoms with van der Waals surface area (Å²) in [4.78, 5) is 32.1. The smallest absolute Gasteiger partial charge is 0.338 e. The lowest BCUT2D eigenvalue weighted by molar-refractivity contribution is -0.137. The number of carbonyl (C=O) groups is 2. The van der Waals surface area contributed by atoms with Gasteiger partial charge >= 0.3 is 11.9 Å². The highest BCUT2D eigenvalue weighted by Crippen LogP contribution is 2.22. The van der Waals surface area contributed by atoms with E-state index in [-0.39, 0.29) is 18.0 Å². The first-order valence-electron chi connectivity index (χ1n) is 12.7. The molecule has 1 aliphatic carbocycles. The summed E-state index contributed by atoms with van der Waals surface area (Å²) < 4.78 is 16.3. The Balaban J connectivity index is 1.31. The van der Waals surface area contributed by atoms with Gasteiger partial charge in [-0.15, -0.1) is 0 Å². The van der Waals surface area contributed by atoms with Crippen LogP contribution in [0.2, 0.25) is 0 Å². The van der Waals surface area contributed by atoms with Crippen molar-refractivity contribution in [3.63, 3.8) is 0 Å². The molecule has 0 N–H and O–H groups in total. The summed E-state index contributed by atoms with van der Waals surface area (Å²) in [5, 5.41) is 0. The van der Waals surface area contributed by atoms with Gasteiger partial charge in [-0.2, -0.15) is 0 Å². The van der Waals surface area contributed by atoms with E-state index < -0.39 is 0 Å². The molecule has 0 atom stereocenters. The van der Waals surface area contributed by atoms with Crippen molar-refractivity contribution in [2.75, 3.05) is 13.2 Å². The summed E-state index contributed by atoms with van der Waals surface area (Å²) >= 11 is 0. The molecule has 0 spiro atoms. The molecule has 1 aromatic heterocycles. The van der Waals surface area contributed by atoms with Gasteiger partial charge in [-0.05, 0) is 50.7 Å². The lowest BCUT2D eigenvalue weighted by atomic mass is 9.98. The lowest BCUT2D eigenvalue weighted by Gasteiger charge is -2.21. The van der Waals surface area contributed by atoms with Gasteiger partial charge in [-0.25, -0.2) is 19.6 Å². The molecule has 0 aliphatic heterocycles. The number of carbonyl (C=O) groups excluding carboxylic acids is 2. The van der Waals surface area contributed by atoms with Crippen LogP contribution in [0, 0.1) is 0 Å². The summed E-state index contributed by atoms with van der Waals surface area (Å²) in [7, 11) is 0. The number of rotatable bonds is 14. The molecule has 0 radical (unpaired) electrons. The van der Waals surface area contributed by atoms with Crippen molar-refractivity contribution < 1.29 is 23.8 Å². The second-order valence-electron chi connectivity index (χ2n) is 8.83. The van der Waals surface area contributed by atoms with Crippen molar-refractivity contribution in [2.45, 2.75) is 76.7 Å². The van der Waals surface area contributed by atoms with Crippen LogP contribution in [0.3, 0.4) is 0 Å². The molecule has 0 bridgehead atoms. The first-order valence-corrected chi connectivity index (χ1v) is 12.7. The second kappa shape index (κ2) is 14.9. The molecule has 35 heavy (non-hydrogen) atoms. The van der Waals surface area contributed by atoms with Gasteiger partial charge in [0.2, 0.25) is 0 Å². The van der Waals surface area contributed by atoms with Crippen molar-refractivity contribution in [2.24, 2.45) is 0 Å². The van der Waals surface area contributed by atoms with Gasteiger partial charge in [0.25, 0.3) is 0 Å². The molecular weight excluding hydrogens is 444 g/mol. The molecular formula is C28H36N2O5. The second-order valence-corrected chi connectivity index (χ2v) is 8.83. The SMILES string of the molecule is C=CC(=O)OCCCCCCCCOc1cnc(-c2ccc(C(=O)OC3CCCCC3)cc2)nc1. The molecule has 1 fully saturated rings. The average molecular weight is 481 g/mol. The topological polar surface area (TPSA) is 87.6 Å². The van der Waals surface area contributed by atoms with E-state index in [0.29, 0.717) is 30.4 Å². The largest absolute Gasteiger partial charge is 0.490 e. The molecule has 188 valence electrons. The molecule has 1 heterocycles. The van der Waals surface area contributed by atoms with Gasteiger partial charge < -0.3 is 14.2 Å². The molecule has 2 aromatic rings. The van der Waals surface area contributed by atoms with Crippen LogP contribution in [-0.4, -0.2) is 41.2 Å². The van der Waals surface area contributed by atoms with Gasteiger partial charge in [0.15, 0.2) is 11.6 Å². The highest BCUT2D eigenvalue weighted by molar-refractivity contribution is 5.90. The molecule has 3 rings (SSSR count). The van der Waals surface area contributed by atoms with Gasteiger partial charge in [-0.3, -0.25) is 0 Å². The van der Waals surface area contributed by atoms with Crippen molar-refractivity contribution in [1.29, 1.82) is 0 Å². The van der Waals surface area contributed by atoms with E-state index >= 15 is 0 Å². The fourth-order valence-corrected chi connectivity index (χ4v) is 4.03. The summed E-state index contributed by atoms with van der Waals surface area (Å²) in [5.41, 5.74) is 1.39. The maximum absolute atomic E-state index is 12.4. The Morgan fingerprint density at radius 1 is 0.886 bits per heavy atom. The van der Waals surface area contributed by atoms with E-state index in [0.717, 1.165) is 69.8 Å². The van der Waals surface area contributed by atoms with Gasteiger partial charge in [-0.1, -0.05) is 50.8 Å². The minimum atomic E-state index is -0.358. The predicted molar refractivity (Wildman–Crippen MR) is 134 cm³/mol. The van der Waals surface area contributed by atoms with E-state index in [2.05, 4.69) is 16.5 Å². The molecule has 1 aromatic carbocycles. The first kappa shape index (κ1) is 26.4. The number of esters is 2. The average Bonchev–Trinajstić information content (AvgIpc) is 2.90. The normalized spacial score (nSPS) is 13.7. The van der Waals surface area contributed by atoms with Gasteiger partial charge in [0.05, 0.1) is 31.2 Å². The van der Waals surface area contributed by atoms with E-state index in [9.17, 15) is 9.59 Å². The fourth-order valence-electron chi connectivity index (χ4n) is 4.03. The third kappa shape index (κ3) is 9.51. The lowest BCUT2D eigenvalue weighted by Crippen LogP contribution is -2.20. The summed E-state index contributed by atoms with van der Waals surface area (Å²) in [5.74, 6) is 0.611. The Labute approximate surface area is 207 Å². The first-order chi connectivity index (χ1) is 17.2. The number of hydrogen-bond acceptors (Lipinski definition) is 7. The number of aromatic nitrogens is 2. The van der Waals surface area contributed by atoms with Crippen molar-refractivity contribution in [3.8, 4) is 17.1 Å². The Morgan fingerprint density at radius 2 is 1.51 bits per heavy atom. The molecule has 0 saturated heterocycles. The minimum Gasteiger partial charge on any atom is -0.490 e. The minimum absolute atomic E-state index is 0.0485. The summed E-state index contributed by atoms with van der Waals surface area (Å²) in [6.45, 7) is 4.45. The maximum Gasteiger partial charge on any atom is 0.338 e. The van der Waals surface area contributed by atoms with Crippen LogP contribution in [0.5, 0.6) is 5.75 Å². The van der Waals surface area contributed by atoms with E-state index in [1.807, 2.05) is 12.1 Å². The zero-order valence-corrected chi connectivity index (χ0v) is 20.5. The number of unbranched alkanes of at least 4 members (excludes halogenated alkanes) is 5. The number of benzene rings is 1. The van der Waals surface area contributed by atoms with Crippen LogP contribution in [0.15, 0.2) is 49.3 Å². The molecule has 7 nitrogen and oxygen atoms in total. The molecule has 7 heteroatoms. The monoisotopic (exact) mass is 480 g/mol. The number of nitrogens with zero attached hydrogens (tertiary/aromatic N) is 2. The Morgan fingerprint density at radius 3 is 2.17 bits per heavy atom. The van der Waals surface area contributed by atoms with Crippen molar-refractivity contribution in [3.05, 3.63) is 54.9 Å². The van der Waals surface area contributed by atoms with Crippen LogP contribution in [0.4, 0.5) is 0 Å². The predicted octanol–water partition coefficient (Wildman–Crippen LogP) is 6.08. The van der Waals surface area contributed by atoms with Crippen molar-refractivity contribution >= 4 is 11.9 Å². The number of ether oxygens (including phenoxy) is 3. The van der Waals surface area contributed by atoms with Crippen LogP contribution in [0.1, 0.15) is 81.0 Å². The van der Waals surface area contributed by atoms with E-state index in [1.165, 1.54) is 12.5 Å². The van der Waals surface area contributed by atoms with E-state index in [4.69, 9.17) is 14.2 Å².